The van der Waals surface area contributed by atoms with Crippen LogP contribution < -0.4 is 4.90 Å². The van der Waals surface area contributed by atoms with Crippen LogP contribution in [0.25, 0.3) is 0 Å². The minimum atomic E-state index is -0.899. The van der Waals surface area contributed by atoms with Gasteiger partial charge >= 0.3 is 5.97 Å². The maximum absolute atomic E-state index is 11.5. The number of benzene rings is 1. The summed E-state index contributed by atoms with van der Waals surface area (Å²) in [5, 5.41) is 9.40. The zero-order valence-corrected chi connectivity index (χ0v) is 13.2. The highest BCUT2D eigenvalue weighted by molar-refractivity contribution is 9.10. The van der Waals surface area contributed by atoms with Crippen molar-refractivity contribution in [3.63, 3.8) is 0 Å². The molecule has 1 N–H and O–H groups in total. The summed E-state index contributed by atoms with van der Waals surface area (Å²) in [6, 6.07) is 5.51. The SMILES string of the molecule is CCCOC1CCCN(c2cccc(Br)c2C(=O)O)C1. The highest BCUT2D eigenvalue weighted by Crippen LogP contribution is 2.30. The van der Waals surface area contributed by atoms with Crippen LogP contribution in [-0.4, -0.2) is 36.9 Å². The van der Waals surface area contributed by atoms with Gasteiger partial charge in [-0.05, 0) is 47.3 Å². The quantitative estimate of drug-likeness (QED) is 0.889. The second-order valence-corrected chi connectivity index (χ2v) is 5.87. The van der Waals surface area contributed by atoms with Crippen molar-refractivity contribution in [2.24, 2.45) is 0 Å². The summed E-state index contributed by atoms with van der Waals surface area (Å²) in [5.41, 5.74) is 1.11. The Labute approximate surface area is 127 Å². The second-order valence-electron chi connectivity index (χ2n) is 5.02. The van der Waals surface area contributed by atoms with E-state index in [1.165, 1.54) is 0 Å². The smallest absolute Gasteiger partial charge is 0.338 e. The fraction of sp³-hybridized carbons (Fsp3) is 0.533. The van der Waals surface area contributed by atoms with Crippen molar-refractivity contribution in [1.82, 2.24) is 0 Å². The lowest BCUT2D eigenvalue weighted by molar-refractivity contribution is 0.0439. The van der Waals surface area contributed by atoms with Gasteiger partial charge in [-0.2, -0.15) is 0 Å². The number of carboxylic acid groups (broad SMARTS) is 1. The number of hydrogen-bond acceptors (Lipinski definition) is 3. The maximum Gasteiger partial charge on any atom is 0.338 e. The van der Waals surface area contributed by atoms with Gasteiger partial charge in [-0.15, -0.1) is 0 Å². The van der Waals surface area contributed by atoms with Gasteiger partial charge in [0.15, 0.2) is 0 Å². The molecule has 1 aromatic carbocycles. The molecule has 1 heterocycles. The summed E-state index contributed by atoms with van der Waals surface area (Å²) >= 11 is 3.33. The topological polar surface area (TPSA) is 49.8 Å². The molecule has 0 radical (unpaired) electrons. The molecule has 110 valence electrons. The molecule has 1 saturated heterocycles. The Morgan fingerprint density at radius 2 is 2.35 bits per heavy atom. The van der Waals surface area contributed by atoms with Gasteiger partial charge in [-0.1, -0.05) is 13.0 Å². The van der Waals surface area contributed by atoms with Crippen molar-refractivity contribution in [3.8, 4) is 0 Å². The average Bonchev–Trinajstić information content (AvgIpc) is 2.44. The number of nitrogens with zero attached hydrogens (tertiary/aromatic N) is 1. The standard InChI is InChI=1S/C15H20BrNO3/c1-2-9-20-11-5-4-8-17(10-11)13-7-3-6-12(16)14(13)15(18)19/h3,6-7,11H,2,4-5,8-10H2,1H3,(H,18,19). The van der Waals surface area contributed by atoms with Crippen molar-refractivity contribution >= 4 is 27.6 Å². The van der Waals surface area contributed by atoms with E-state index in [2.05, 4.69) is 27.8 Å². The monoisotopic (exact) mass is 341 g/mol. The zero-order valence-electron chi connectivity index (χ0n) is 11.6. The molecule has 1 fully saturated rings. The third kappa shape index (κ3) is 3.52. The molecule has 0 aliphatic carbocycles. The molecule has 0 bridgehead atoms. The fourth-order valence-electron chi connectivity index (χ4n) is 2.57. The van der Waals surface area contributed by atoms with E-state index in [-0.39, 0.29) is 6.10 Å². The number of carboxylic acids is 1. The first-order valence-corrected chi connectivity index (χ1v) is 7.81. The minimum absolute atomic E-state index is 0.198. The van der Waals surface area contributed by atoms with Crippen LogP contribution >= 0.6 is 15.9 Å². The number of aromatic carboxylic acids is 1. The molecule has 0 aromatic heterocycles. The summed E-state index contributed by atoms with van der Waals surface area (Å²) in [6.45, 7) is 4.50. The largest absolute Gasteiger partial charge is 0.478 e. The van der Waals surface area contributed by atoms with Gasteiger partial charge in [-0.25, -0.2) is 4.79 Å². The van der Waals surface area contributed by atoms with Gasteiger partial charge in [0.2, 0.25) is 0 Å². The van der Waals surface area contributed by atoms with Crippen LogP contribution in [0.1, 0.15) is 36.5 Å². The number of anilines is 1. The predicted octanol–water partition coefficient (Wildman–Crippen LogP) is 3.54. The normalized spacial score (nSPS) is 19.1. The Bertz CT molecular complexity index is 478. The molecule has 0 amide bonds. The van der Waals surface area contributed by atoms with Crippen molar-refractivity contribution in [3.05, 3.63) is 28.2 Å². The molecule has 20 heavy (non-hydrogen) atoms. The van der Waals surface area contributed by atoms with E-state index in [1.54, 1.807) is 6.07 Å². The Morgan fingerprint density at radius 1 is 1.55 bits per heavy atom. The van der Waals surface area contributed by atoms with Gasteiger partial charge in [-0.3, -0.25) is 0 Å². The molecule has 4 nitrogen and oxygen atoms in total. The molecule has 0 saturated carbocycles. The Balaban J connectivity index is 2.18. The molecule has 1 aliphatic rings. The average molecular weight is 342 g/mol. The van der Waals surface area contributed by atoms with Gasteiger partial charge < -0.3 is 14.7 Å². The van der Waals surface area contributed by atoms with E-state index in [9.17, 15) is 9.90 Å². The Kier molecular flexibility index (Phi) is 5.43. The Morgan fingerprint density at radius 3 is 3.05 bits per heavy atom. The van der Waals surface area contributed by atoms with Crippen LogP contribution in [-0.2, 0) is 4.74 Å². The first kappa shape index (κ1) is 15.3. The van der Waals surface area contributed by atoms with E-state index < -0.39 is 5.97 Å². The molecule has 1 atom stereocenters. The number of hydrogen-bond donors (Lipinski definition) is 1. The van der Waals surface area contributed by atoms with Crippen LogP contribution in [0.4, 0.5) is 5.69 Å². The zero-order chi connectivity index (χ0) is 14.5. The lowest BCUT2D eigenvalue weighted by Crippen LogP contribution is -2.40. The fourth-order valence-corrected chi connectivity index (χ4v) is 3.09. The maximum atomic E-state index is 11.5. The lowest BCUT2D eigenvalue weighted by Gasteiger charge is -2.35. The van der Waals surface area contributed by atoms with Crippen molar-refractivity contribution in [2.75, 3.05) is 24.6 Å². The number of halogens is 1. The van der Waals surface area contributed by atoms with E-state index in [0.717, 1.165) is 44.6 Å². The molecular formula is C15H20BrNO3. The molecule has 2 rings (SSSR count). The minimum Gasteiger partial charge on any atom is -0.478 e. The first-order chi connectivity index (χ1) is 9.63. The summed E-state index contributed by atoms with van der Waals surface area (Å²) in [6.07, 6.45) is 3.28. The van der Waals surface area contributed by atoms with Crippen LogP contribution in [0.2, 0.25) is 0 Å². The first-order valence-electron chi connectivity index (χ1n) is 7.01. The molecule has 1 aliphatic heterocycles. The lowest BCUT2D eigenvalue weighted by atomic mass is 10.0. The molecule has 1 unspecified atom stereocenters. The van der Waals surface area contributed by atoms with Crippen molar-refractivity contribution in [2.45, 2.75) is 32.3 Å². The summed E-state index contributed by atoms with van der Waals surface area (Å²) in [7, 11) is 0. The van der Waals surface area contributed by atoms with Crippen LogP contribution in [0.15, 0.2) is 22.7 Å². The third-order valence-electron chi connectivity index (χ3n) is 3.48. The van der Waals surface area contributed by atoms with E-state index in [4.69, 9.17) is 4.74 Å². The van der Waals surface area contributed by atoms with Gasteiger partial charge in [0.1, 0.15) is 0 Å². The summed E-state index contributed by atoms with van der Waals surface area (Å²) < 4.78 is 6.44. The highest BCUT2D eigenvalue weighted by Gasteiger charge is 2.24. The summed E-state index contributed by atoms with van der Waals surface area (Å²) in [5.74, 6) is -0.899. The van der Waals surface area contributed by atoms with Crippen LogP contribution in [0, 0.1) is 0 Å². The van der Waals surface area contributed by atoms with Crippen LogP contribution in [0.5, 0.6) is 0 Å². The second kappa shape index (κ2) is 7.09. The molecule has 1 aromatic rings. The van der Waals surface area contributed by atoms with Gasteiger partial charge in [0.05, 0.1) is 17.4 Å². The third-order valence-corrected chi connectivity index (χ3v) is 4.14. The molecular weight excluding hydrogens is 322 g/mol. The number of carbonyl (C=O) groups is 1. The highest BCUT2D eigenvalue weighted by atomic mass is 79.9. The number of ether oxygens (including phenoxy) is 1. The van der Waals surface area contributed by atoms with E-state index in [0.29, 0.717) is 10.0 Å². The van der Waals surface area contributed by atoms with Crippen molar-refractivity contribution in [1.29, 1.82) is 0 Å². The van der Waals surface area contributed by atoms with E-state index in [1.807, 2.05) is 12.1 Å². The summed E-state index contributed by atoms with van der Waals surface area (Å²) in [4.78, 5) is 13.6. The van der Waals surface area contributed by atoms with Gasteiger partial charge in [0, 0.05) is 24.2 Å². The van der Waals surface area contributed by atoms with Gasteiger partial charge in [0.25, 0.3) is 0 Å². The Hall–Kier alpha value is -1.07. The number of piperidine rings is 1. The predicted molar refractivity (Wildman–Crippen MR) is 82.6 cm³/mol. The molecule has 0 spiro atoms. The molecule has 5 heteroatoms. The van der Waals surface area contributed by atoms with Crippen LogP contribution in [0.3, 0.4) is 0 Å². The van der Waals surface area contributed by atoms with Crippen molar-refractivity contribution < 1.29 is 14.6 Å². The number of rotatable bonds is 5. The van der Waals surface area contributed by atoms with E-state index >= 15 is 0 Å².